The number of amides is 1. The molecular weight excluding hydrogens is 330 g/mol. The molecule has 1 aromatic carbocycles. The van der Waals surface area contributed by atoms with Gasteiger partial charge in [0.1, 0.15) is 11.5 Å². The second-order valence-corrected chi connectivity index (χ2v) is 6.30. The number of aromatic nitrogens is 1. The summed E-state index contributed by atoms with van der Waals surface area (Å²) in [4.78, 5) is 14.0. The Morgan fingerprint density at radius 1 is 1.12 bits per heavy atom. The van der Waals surface area contributed by atoms with Crippen LogP contribution in [0, 0.1) is 13.8 Å². The van der Waals surface area contributed by atoms with Crippen LogP contribution in [0.1, 0.15) is 38.7 Å². The van der Waals surface area contributed by atoms with Gasteiger partial charge < -0.3 is 14.3 Å². The Labute approximate surface area is 152 Å². The molecule has 0 bridgehead atoms. The summed E-state index contributed by atoms with van der Waals surface area (Å²) in [7, 11) is 1.63. The first-order valence-corrected chi connectivity index (χ1v) is 8.54. The van der Waals surface area contributed by atoms with Gasteiger partial charge >= 0.3 is 0 Å². The first-order chi connectivity index (χ1) is 12.6. The topological polar surface area (TPSA) is 71.5 Å². The Morgan fingerprint density at radius 2 is 1.88 bits per heavy atom. The quantitative estimate of drug-likeness (QED) is 0.704. The molecule has 0 unspecified atom stereocenters. The Morgan fingerprint density at radius 3 is 2.46 bits per heavy atom. The van der Waals surface area contributed by atoms with Crippen LogP contribution in [0.5, 0.6) is 0 Å². The van der Waals surface area contributed by atoms with Gasteiger partial charge in [-0.15, -0.1) is 0 Å². The van der Waals surface area contributed by atoms with Gasteiger partial charge in [0.15, 0.2) is 0 Å². The van der Waals surface area contributed by atoms with Crippen molar-refractivity contribution >= 4 is 5.91 Å². The molecule has 0 spiro atoms. The lowest BCUT2D eigenvalue weighted by Gasteiger charge is -2.21. The van der Waals surface area contributed by atoms with E-state index in [0.29, 0.717) is 18.7 Å². The molecule has 6 heteroatoms. The lowest BCUT2D eigenvalue weighted by Crippen LogP contribution is -2.23. The third-order valence-electron chi connectivity index (χ3n) is 4.37. The van der Waals surface area contributed by atoms with E-state index in [1.165, 1.54) is 0 Å². The van der Waals surface area contributed by atoms with Gasteiger partial charge in [0.05, 0.1) is 18.5 Å². The molecule has 0 aliphatic carbocycles. The highest BCUT2D eigenvalue weighted by atomic mass is 16.5. The third-order valence-corrected chi connectivity index (χ3v) is 4.37. The number of benzene rings is 1. The number of carbonyl (C=O) groups is 1. The smallest absolute Gasteiger partial charge is 0.251 e. The molecule has 3 rings (SSSR count). The highest BCUT2D eigenvalue weighted by molar-refractivity contribution is 5.93. The first-order valence-electron chi connectivity index (χ1n) is 8.54. The Bertz CT molecular complexity index is 832. The summed E-state index contributed by atoms with van der Waals surface area (Å²) in [5.74, 6) is 1.65. The van der Waals surface area contributed by atoms with Crippen molar-refractivity contribution in [3.63, 3.8) is 0 Å². The van der Waals surface area contributed by atoms with Gasteiger partial charge in [-0.2, -0.15) is 0 Å². The normalized spacial score (nSPS) is 11.1. The fourth-order valence-electron chi connectivity index (χ4n) is 2.91. The maximum Gasteiger partial charge on any atom is 0.251 e. The zero-order valence-corrected chi connectivity index (χ0v) is 15.3. The van der Waals surface area contributed by atoms with Crippen molar-refractivity contribution in [2.45, 2.75) is 33.5 Å². The standard InChI is InChI=1S/C20H23N3O3/c1-14-19(15(2)26-22-14)13-23(12-18-5-4-10-25-18)11-16-6-8-17(9-7-16)20(24)21-3/h4-10H,11-13H2,1-3H3,(H,21,24). The molecule has 0 aliphatic rings. The van der Waals surface area contributed by atoms with E-state index in [9.17, 15) is 4.79 Å². The molecule has 0 aliphatic heterocycles. The number of hydrogen-bond acceptors (Lipinski definition) is 5. The van der Waals surface area contributed by atoms with E-state index in [1.807, 2.05) is 50.2 Å². The molecule has 2 heterocycles. The molecule has 1 N–H and O–H groups in total. The summed E-state index contributed by atoms with van der Waals surface area (Å²) in [6.45, 7) is 5.99. The summed E-state index contributed by atoms with van der Waals surface area (Å²) in [6.07, 6.45) is 1.68. The molecule has 0 radical (unpaired) electrons. The van der Waals surface area contributed by atoms with E-state index in [4.69, 9.17) is 8.94 Å². The molecule has 26 heavy (non-hydrogen) atoms. The van der Waals surface area contributed by atoms with Crippen LogP contribution in [0.3, 0.4) is 0 Å². The van der Waals surface area contributed by atoms with Crippen LogP contribution in [-0.2, 0) is 19.6 Å². The van der Waals surface area contributed by atoms with E-state index in [0.717, 1.165) is 34.9 Å². The molecule has 0 atom stereocenters. The van der Waals surface area contributed by atoms with Gasteiger partial charge in [0, 0.05) is 31.3 Å². The largest absolute Gasteiger partial charge is 0.468 e. The van der Waals surface area contributed by atoms with Crippen molar-refractivity contribution in [3.8, 4) is 0 Å². The number of rotatable bonds is 7. The van der Waals surface area contributed by atoms with E-state index >= 15 is 0 Å². The van der Waals surface area contributed by atoms with Crippen molar-refractivity contribution in [1.29, 1.82) is 0 Å². The van der Waals surface area contributed by atoms with Crippen LogP contribution < -0.4 is 5.32 Å². The average molecular weight is 353 g/mol. The van der Waals surface area contributed by atoms with Crippen molar-refractivity contribution in [2.75, 3.05) is 7.05 Å². The van der Waals surface area contributed by atoms with Crippen LogP contribution in [0.25, 0.3) is 0 Å². The summed E-state index contributed by atoms with van der Waals surface area (Å²) in [5.41, 5.74) is 3.77. The average Bonchev–Trinajstić information content (AvgIpc) is 3.27. The SMILES string of the molecule is CNC(=O)c1ccc(CN(Cc2ccco2)Cc2c(C)noc2C)cc1. The number of aryl methyl sites for hydroxylation is 2. The number of nitrogens with one attached hydrogen (secondary N) is 1. The zero-order chi connectivity index (χ0) is 18.5. The van der Waals surface area contributed by atoms with Gasteiger partial charge in [-0.05, 0) is 43.7 Å². The molecular formula is C20H23N3O3. The van der Waals surface area contributed by atoms with Crippen molar-refractivity contribution in [3.05, 3.63) is 76.6 Å². The molecule has 0 saturated carbocycles. The number of carbonyl (C=O) groups excluding carboxylic acids is 1. The second kappa shape index (κ2) is 8.01. The molecule has 3 aromatic rings. The van der Waals surface area contributed by atoms with Gasteiger partial charge in [-0.1, -0.05) is 17.3 Å². The lowest BCUT2D eigenvalue weighted by atomic mass is 10.1. The van der Waals surface area contributed by atoms with Gasteiger partial charge in [0.25, 0.3) is 5.91 Å². The van der Waals surface area contributed by atoms with Crippen molar-refractivity contribution in [1.82, 2.24) is 15.4 Å². The number of nitrogens with zero attached hydrogens (tertiary/aromatic N) is 2. The third kappa shape index (κ3) is 4.21. The van der Waals surface area contributed by atoms with E-state index in [1.54, 1.807) is 13.3 Å². The Hall–Kier alpha value is -2.86. The fraction of sp³-hybridized carbons (Fsp3) is 0.300. The minimum Gasteiger partial charge on any atom is -0.468 e. The Kier molecular flexibility index (Phi) is 5.53. The lowest BCUT2D eigenvalue weighted by molar-refractivity contribution is 0.0963. The molecule has 2 aromatic heterocycles. The minimum atomic E-state index is -0.0836. The van der Waals surface area contributed by atoms with E-state index in [2.05, 4.69) is 15.4 Å². The van der Waals surface area contributed by atoms with Gasteiger partial charge in [-0.3, -0.25) is 9.69 Å². The Balaban J connectivity index is 1.78. The van der Waals surface area contributed by atoms with Crippen LogP contribution in [0.15, 0.2) is 51.6 Å². The highest BCUT2D eigenvalue weighted by Gasteiger charge is 2.16. The maximum absolute atomic E-state index is 11.7. The predicted molar refractivity (Wildman–Crippen MR) is 97.5 cm³/mol. The van der Waals surface area contributed by atoms with Crippen LogP contribution in [0.4, 0.5) is 0 Å². The first kappa shape index (κ1) is 17.9. The van der Waals surface area contributed by atoms with E-state index in [-0.39, 0.29) is 5.91 Å². The number of furan rings is 1. The van der Waals surface area contributed by atoms with Crippen LogP contribution in [0.2, 0.25) is 0 Å². The van der Waals surface area contributed by atoms with Gasteiger partial charge in [0.2, 0.25) is 0 Å². The highest BCUT2D eigenvalue weighted by Crippen LogP contribution is 2.19. The fourth-order valence-corrected chi connectivity index (χ4v) is 2.91. The molecule has 136 valence electrons. The van der Waals surface area contributed by atoms with Crippen LogP contribution >= 0.6 is 0 Å². The summed E-state index contributed by atoms with van der Waals surface area (Å²) >= 11 is 0. The maximum atomic E-state index is 11.7. The summed E-state index contributed by atoms with van der Waals surface area (Å²) in [6, 6.07) is 11.5. The molecule has 0 fully saturated rings. The monoisotopic (exact) mass is 353 g/mol. The second-order valence-electron chi connectivity index (χ2n) is 6.30. The van der Waals surface area contributed by atoms with Crippen LogP contribution in [-0.4, -0.2) is 23.0 Å². The van der Waals surface area contributed by atoms with Crippen molar-refractivity contribution in [2.24, 2.45) is 0 Å². The molecule has 1 amide bonds. The zero-order valence-electron chi connectivity index (χ0n) is 15.3. The summed E-state index contributed by atoms with van der Waals surface area (Å²) in [5, 5.41) is 6.68. The van der Waals surface area contributed by atoms with Gasteiger partial charge in [-0.25, -0.2) is 0 Å². The predicted octanol–water partition coefficient (Wildman–Crippen LogP) is 3.45. The summed E-state index contributed by atoms with van der Waals surface area (Å²) < 4.78 is 10.8. The van der Waals surface area contributed by atoms with Crippen molar-refractivity contribution < 1.29 is 13.7 Å². The molecule has 6 nitrogen and oxygen atoms in total. The minimum absolute atomic E-state index is 0.0836. The number of hydrogen-bond donors (Lipinski definition) is 1. The van der Waals surface area contributed by atoms with E-state index < -0.39 is 0 Å². The molecule has 0 saturated heterocycles.